The summed E-state index contributed by atoms with van der Waals surface area (Å²) in [6, 6.07) is 0.00789. The van der Waals surface area contributed by atoms with Crippen LogP contribution in [0.25, 0.3) is 0 Å². The van der Waals surface area contributed by atoms with E-state index < -0.39 is 13.9 Å². The summed E-state index contributed by atoms with van der Waals surface area (Å²) in [6.45, 7) is 18.9. The number of Topliss-reactive ketones (excluding diaryl/α,β-unsaturated/α-hetero) is 1. The first-order valence-corrected chi connectivity index (χ1v) is 12.2. The highest BCUT2D eigenvalue weighted by molar-refractivity contribution is 6.74. The summed E-state index contributed by atoms with van der Waals surface area (Å²) < 4.78 is 12.1. The highest BCUT2D eigenvalue weighted by Gasteiger charge is 2.44. The van der Waals surface area contributed by atoms with Crippen LogP contribution < -0.4 is 0 Å². The van der Waals surface area contributed by atoms with E-state index in [1.165, 1.54) is 0 Å². The molecular weight excluding hydrogens is 334 g/mol. The zero-order chi connectivity index (χ0) is 19.6. The molecule has 0 radical (unpaired) electrons. The Bertz CT molecular complexity index is 491. The third kappa shape index (κ3) is 6.74. The Morgan fingerprint density at radius 3 is 2.12 bits per heavy atom. The van der Waals surface area contributed by atoms with Crippen molar-refractivity contribution in [2.24, 2.45) is 0 Å². The van der Waals surface area contributed by atoms with Crippen molar-refractivity contribution in [1.82, 2.24) is 4.90 Å². The lowest BCUT2D eigenvalue weighted by Crippen LogP contribution is -2.45. The van der Waals surface area contributed by atoms with Gasteiger partial charge in [0.05, 0.1) is 6.10 Å². The van der Waals surface area contributed by atoms with Gasteiger partial charge in [-0.1, -0.05) is 20.8 Å². The van der Waals surface area contributed by atoms with Crippen molar-refractivity contribution >= 4 is 20.2 Å². The normalized spacial score (nSPS) is 22.2. The van der Waals surface area contributed by atoms with E-state index in [0.29, 0.717) is 19.4 Å². The molecule has 0 N–H and O–H groups in total. The lowest BCUT2D eigenvalue weighted by Gasteiger charge is -2.38. The molecule has 1 aliphatic heterocycles. The summed E-state index contributed by atoms with van der Waals surface area (Å²) in [6.07, 6.45) is 1.65. The van der Waals surface area contributed by atoms with Crippen LogP contribution in [0.3, 0.4) is 0 Å². The van der Waals surface area contributed by atoms with Gasteiger partial charge in [-0.05, 0) is 58.7 Å². The molecule has 0 saturated carbocycles. The molecule has 0 aromatic rings. The summed E-state index contributed by atoms with van der Waals surface area (Å²) in [5, 5.41) is 0.126. The first kappa shape index (κ1) is 22.2. The molecule has 1 aliphatic rings. The number of nitrogens with zero attached hydrogens (tertiary/aromatic N) is 1. The quantitative estimate of drug-likeness (QED) is 0.654. The molecule has 25 heavy (non-hydrogen) atoms. The molecule has 0 aliphatic carbocycles. The fourth-order valence-electron chi connectivity index (χ4n) is 2.74. The van der Waals surface area contributed by atoms with Gasteiger partial charge in [0.15, 0.2) is 8.32 Å². The molecule has 0 bridgehead atoms. The Balaban J connectivity index is 2.86. The fraction of sp³-hybridized carbons (Fsp3) is 0.895. The summed E-state index contributed by atoms with van der Waals surface area (Å²) >= 11 is 0. The van der Waals surface area contributed by atoms with E-state index in [0.717, 1.165) is 6.42 Å². The molecule has 0 aromatic heterocycles. The number of rotatable bonds is 5. The zero-order valence-corrected chi connectivity index (χ0v) is 18.6. The first-order valence-electron chi connectivity index (χ1n) is 9.29. The smallest absolute Gasteiger partial charge is 0.410 e. The van der Waals surface area contributed by atoms with Crippen molar-refractivity contribution in [2.75, 3.05) is 6.54 Å². The minimum Gasteiger partial charge on any atom is -0.444 e. The zero-order valence-electron chi connectivity index (χ0n) is 17.6. The van der Waals surface area contributed by atoms with Gasteiger partial charge in [0.2, 0.25) is 0 Å². The maximum Gasteiger partial charge on any atom is 0.410 e. The van der Waals surface area contributed by atoms with Gasteiger partial charge < -0.3 is 18.9 Å². The second-order valence-electron chi connectivity index (χ2n) is 9.76. The van der Waals surface area contributed by atoms with Crippen LogP contribution in [0.2, 0.25) is 18.1 Å². The number of carbonyl (C=O) groups is 2. The number of hydrogen-bond acceptors (Lipinski definition) is 4. The number of ether oxygens (including phenoxy) is 1. The number of likely N-dealkylation sites (tertiary alicyclic amines) is 1. The van der Waals surface area contributed by atoms with Crippen molar-refractivity contribution in [3.8, 4) is 0 Å². The van der Waals surface area contributed by atoms with Crippen molar-refractivity contribution < 1.29 is 18.8 Å². The Morgan fingerprint density at radius 2 is 1.68 bits per heavy atom. The molecule has 5 nitrogen and oxygen atoms in total. The van der Waals surface area contributed by atoms with Crippen molar-refractivity contribution in [3.05, 3.63) is 0 Å². The topological polar surface area (TPSA) is 55.8 Å². The lowest BCUT2D eigenvalue weighted by molar-refractivity contribution is -0.117. The Morgan fingerprint density at radius 1 is 1.12 bits per heavy atom. The van der Waals surface area contributed by atoms with Crippen LogP contribution in [-0.4, -0.2) is 49.4 Å². The van der Waals surface area contributed by atoms with E-state index in [4.69, 9.17) is 9.16 Å². The number of hydrogen-bond donors (Lipinski definition) is 0. The van der Waals surface area contributed by atoms with Gasteiger partial charge >= 0.3 is 6.09 Å². The predicted octanol–water partition coefficient (Wildman–Crippen LogP) is 4.76. The highest BCUT2D eigenvalue weighted by atomic mass is 28.4. The van der Waals surface area contributed by atoms with E-state index in [9.17, 15) is 9.59 Å². The molecule has 1 rings (SSSR count). The monoisotopic (exact) mass is 371 g/mol. The SMILES string of the molecule is CC(=O)CC[C@@H]1C[C@@H](O[Si](C)(C)C(C)(C)C)CN1C(=O)OC(C)(C)C. The Kier molecular flexibility index (Phi) is 6.90. The molecule has 1 heterocycles. The van der Waals surface area contributed by atoms with E-state index in [-0.39, 0.29) is 29.1 Å². The number of carbonyl (C=O) groups excluding carboxylic acids is 2. The third-order valence-electron chi connectivity index (χ3n) is 5.10. The second-order valence-corrected chi connectivity index (χ2v) is 14.5. The summed E-state index contributed by atoms with van der Waals surface area (Å²) in [7, 11) is -1.90. The van der Waals surface area contributed by atoms with Gasteiger partial charge in [0.25, 0.3) is 0 Å². The fourth-order valence-corrected chi connectivity index (χ4v) is 4.10. The molecule has 1 fully saturated rings. The summed E-state index contributed by atoms with van der Waals surface area (Å²) in [4.78, 5) is 25.8. The largest absolute Gasteiger partial charge is 0.444 e. The molecule has 2 atom stereocenters. The average molecular weight is 372 g/mol. The molecular formula is C19H37NO4Si. The third-order valence-corrected chi connectivity index (χ3v) is 9.64. The molecule has 146 valence electrons. The van der Waals surface area contributed by atoms with Gasteiger partial charge in [0, 0.05) is 19.0 Å². The standard InChI is InChI=1S/C19H37NO4Si/c1-14(21)10-11-15-12-16(24-25(8,9)19(5,6)7)13-20(15)17(22)23-18(2,3)4/h15-16H,10-13H2,1-9H3/t15-,16-/m1/s1. The average Bonchev–Trinajstić information content (AvgIpc) is 2.75. The van der Waals surface area contributed by atoms with Crippen LogP contribution in [0.1, 0.15) is 67.7 Å². The van der Waals surface area contributed by atoms with E-state index in [2.05, 4.69) is 33.9 Å². The van der Waals surface area contributed by atoms with Crippen LogP contribution in [-0.2, 0) is 14.0 Å². The Hall–Kier alpha value is -0.883. The van der Waals surface area contributed by atoms with Crippen LogP contribution in [0.15, 0.2) is 0 Å². The van der Waals surface area contributed by atoms with Gasteiger partial charge in [-0.25, -0.2) is 4.79 Å². The molecule has 0 spiro atoms. The predicted molar refractivity (Wildman–Crippen MR) is 103 cm³/mol. The van der Waals surface area contributed by atoms with Crippen molar-refractivity contribution in [1.29, 1.82) is 0 Å². The maximum absolute atomic E-state index is 12.6. The maximum atomic E-state index is 12.6. The first-order chi connectivity index (χ1) is 11.1. The molecule has 0 unspecified atom stereocenters. The van der Waals surface area contributed by atoms with Crippen molar-refractivity contribution in [3.63, 3.8) is 0 Å². The van der Waals surface area contributed by atoms with Gasteiger partial charge in [-0.3, -0.25) is 0 Å². The van der Waals surface area contributed by atoms with Gasteiger partial charge in [-0.2, -0.15) is 0 Å². The molecule has 1 amide bonds. The van der Waals surface area contributed by atoms with Crippen LogP contribution in [0.4, 0.5) is 4.79 Å². The van der Waals surface area contributed by atoms with E-state index in [1.807, 2.05) is 20.8 Å². The Labute approximate surface area is 154 Å². The number of ketones is 1. The van der Waals surface area contributed by atoms with Crippen LogP contribution in [0, 0.1) is 0 Å². The minimum atomic E-state index is -1.90. The summed E-state index contributed by atoms with van der Waals surface area (Å²) in [5.74, 6) is 0.151. The van der Waals surface area contributed by atoms with Gasteiger partial charge in [0.1, 0.15) is 11.4 Å². The lowest BCUT2D eigenvalue weighted by atomic mass is 10.1. The molecule has 0 aromatic carbocycles. The summed E-state index contributed by atoms with van der Waals surface area (Å²) in [5.41, 5.74) is -0.527. The van der Waals surface area contributed by atoms with E-state index >= 15 is 0 Å². The minimum absolute atomic E-state index is 0.00789. The van der Waals surface area contributed by atoms with Crippen molar-refractivity contribution in [2.45, 2.75) is 104 Å². The molecule has 1 saturated heterocycles. The van der Waals surface area contributed by atoms with E-state index in [1.54, 1.807) is 11.8 Å². The van der Waals surface area contributed by atoms with Crippen LogP contribution in [0.5, 0.6) is 0 Å². The van der Waals surface area contributed by atoms with Crippen LogP contribution >= 0.6 is 0 Å². The van der Waals surface area contributed by atoms with Gasteiger partial charge in [-0.15, -0.1) is 0 Å². The second kappa shape index (κ2) is 7.78. The highest BCUT2D eigenvalue weighted by Crippen LogP contribution is 2.39. The number of amides is 1. The molecule has 6 heteroatoms.